The summed E-state index contributed by atoms with van der Waals surface area (Å²) < 4.78 is 0. The highest BCUT2D eigenvalue weighted by Gasteiger charge is 2.31. The third-order valence-corrected chi connectivity index (χ3v) is 5.33. The maximum atomic E-state index is 3.71. The average molecular weight is 300 g/mol. The number of nitrogens with one attached hydrogen (secondary N) is 1. The molecule has 0 aliphatic carbocycles. The number of rotatable bonds is 4. The van der Waals surface area contributed by atoms with Crippen LogP contribution in [0.4, 0.5) is 0 Å². The normalized spacial score (nSPS) is 24.9. The molecule has 1 aliphatic heterocycles. The molecular formula is C18H24N2S. The van der Waals surface area contributed by atoms with Crippen molar-refractivity contribution in [1.82, 2.24) is 10.2 Å². The van der Waals surface area contributed by atoms with Gasteiger partial charge in [-0.1, -0.05) is 37.3 Å². The third-order valence-electron chi connectivity index (χ3n) is 4.63. The van der Waals surface area contributed by atoms with Crippen molar-refractivity contribution >= 4 is 11.3 Å². The van der Waals surface area contributed by atoms with Crippen LogP contribution in [0.2, 0.25) is 0 Å². The van der Waals surface area contributed by atoms with Gasteiger partial charge in [-0.3, -0.25) is 4.90 Å². The van der Waals surface area contributed by atoms with E-state index in [2.05, 4.69) is 71.2 Å². The maximum Gasteiger partial charge on any atom is 0.0479 e. The average Bonchev–Trinajstić information content (AvgIpc) is 3.09. The van der Waals surface area contributed by atoms with Gasteiger partial charge in [0.2, 0.25) is 0 Å². The first-order valence-corrected chi connectivity index (χ1v) is 8.80. The molecule has 2 heterocycles. The molecule has 0 radical (unpaired) electrons. The van der Waals surface area contributed by atoms with Crippen LogP contribution in [0.1, 0.15) is 43.5 Å². The molecule has 3 atom stereocenters. The molecule has 0 spiro atoms. The number of hydrogen-bond acceptors (Lipinski definition) is 3. The zero-order chi connectivity index (χ0) is 14.7. The fraction of sp³-hybridized carbons (Fsp3) is 0.444. The summed E-state index contributed by atoms with van der Waals surface area (Å²) >= 11 is 1.79. The smallest absolute Gasteiger partial charge is 0.0479 e. The van der Waals surface area contributed by atoms with E-state index in [1.807, 2.05) is 0 Å². The first-order valence-electron chi connectivity index (χ1n) is 7.85. The lowest BCUT2D eigenvalue weighted by atomic mass is 9.96. The van der Waals surface area contributed by atoms with Crippen LogP contribution < -0.4 is 5.32 Å². The number of benzene rings is 1. The molecule has 0 bridgehead atoms. The zero-order valence-corrected chi connectivity index (χ0v) is 13.6. The van der Waals surface area contributed by atoms with E-state index in [9.17, 15) is 0 Å². The van der Waals surface area contributed by atoms with Gasteiger partial charge in [0.05, 0.1) is 0 Å². The summed E-state index contributed by atoms with van der Waals surface area (Å²) in [6, 6.07) is 14.7. The van der Waals surface area contributed by atoms with E-state index in [-0.39, 0.29) is 0 Å². The van der Waals surface area contributed by atoms with E-state index in [1.165, 1.54) is 17.5 Å². The van der Waals surface area contributed by atoms with Crippen LogP contribution in [-0.2, 0) is 0 Å². The van der Waals surface area contributed by atoms with Crippen LogP contribution in [-0.4, -0.2) is 24.0 Å². The van der Waals surface area contributed by atoms with Crippen LogP contribution in [0.3, 0.4) is 0 Å². The van der Waals surface area contributed by atoms with Crippen LogP contribution in [0.25, 0.3) is 0 Å². The van der Waals surface area contributed by atoms with Gasteiger partial charge in [-0.15, -0.1) is 0 Å². The van der Waals surface area contributed by atoms with Gasteiger partial charge < -0.3 is 5.32 Å². The Morgan fingerprint density at radius 2 is 2.10 bits per heavy atom. The molecule has 3 rings (SSSR count). The molecule has 0 amide bonds. The predicted molar refractivity (Wildman–Crippen MR) is 90.7 cm³/mol. The Kier molecular flexibility index (Phi) is 4.73. The Hall–Kier alpha value is -1.16. The van der Waals surface area contributed by atoms with Crippen molar-refractivity contribution in [2.24, 2.45) is 0 Å². The molecule has 1 saturated heterocycles. The van der Waals surface area contributed by atoms with Gasteiger partial charge in [-0.05, 0) is 41.3 Å². The number of piperazine rings is 1. The van der Waals surface area contributed by atoms with Crippen LogP contribution in [0, 0.1) is 0 Å². The molecule has 112 valence electrons. The topological polar surface area (TPSA) is 15.3 Å². The summed E-state index contributed by atoms with van der Waals surface area (Å²) in [5, 5.41) is 8.18. The highest BCUT2D eigenvalue weighted by Crippen LogP contribution is 2.33. The molecule has 2 nitrogen and oxygen atoms in total. The van der Waals surface area contributed by atoms with E-state index >= 15 is 0 Å². The van der Waals surface area contributed by atoms with Crippen molar-refractivity contribution in [1.29, 1.82) is 0 Å². The monoisotopic (exact) mass is 300 g/mol. The van der Waals surface area contributed by atoms with Crippen LogP contribution >= 0.6 is 11.3 Å². The molecule has 1 aliphatic rings. The third kappa shape index (κ3) is 3.20. The van der Waals surface area contributed by atoms with Gasteiger partial charge in [0.25, 0.3) is 0 Å². The van der Waals surface area contributed by atoms with Crippen molar-refractivity contribution in [2.45, 2.75) is 38.4 Å². The summed E-state index contributed by atoms with van der Waals surface area (Å²) in [5.74, 6) is 0. The molecule has 3 heteroatoms. The summed E-state index contributed by atoms with van der Waals surface area (Å²) in [5.41, 5.74) is 2.86. The van der Waals surface area contributed by atoms with Gasteiger partial charge in [-0.25, -0.2) is 0 Å². The Morgan fingerprint density at radius 1 is 1.29 bits per heavy atom. The maximum absolute atomic E-state index is 3.71. The van der Waals surface area contributed by atoms with E-state index in [0.717, 1.165) is 13.1 Å². The van der Waals surface area contributed by atoms with Crippen LogP contribution in [0.5, 0.6) is 0 Å². The molecule has 1 aromatic carbocycles. The molecule has 1 N–H and O–H groups in total. The number of hydrogen-bond donors (Lipinski definition) is 1. The Balaban J connectivity index is 1.87. The second-order valence-electron chi connectivity index (χ2n) is 5.87. The molecular weight excluding hydrogens is 276 g/mol. The first-order chi connectivity index (χ1) is 10.3. The lowest BCUT2D eigenvalue weighted by molar-refractivity contribution is 0.0874. The number of thiophene rings is 1. The van der Waals surface area contributed by atoms with E-state index in [1.54, 1.807) is 11.3 Å². The fourth-order valence-electron chi connectivity index (χ4n) is 3.23. The summed E-state index contributed by atoms with van der Waals surface area (Å²) in [6.07, 6.45) is 1.19. The Labute approximate surface area is 131 Å². The van der Waals surface area contributed by atoms with Gasteiger partial charge in [0.15, 0.2) is 0 Å². The number of nitrogens with zero attached hydrogens (tertiary/aromatic N) is 1. The van der Waals surface area contributed by atoms with E-state index in [4.69, 9.17) is 0 Å². The summed E-state index contributed by atoms with van der Waals surface area (Å²) in [6.45, 7) is 6.77. The predicted octanol–water partition coefficient (Wildman–Crippen LogP) is 4.23. The van der Waals surface area contributed by atoms with Crippen molar-refractivity contribution in [3.8, 4) is 0 Å². The second kappa shape index (κ2) is 6.73. The zero-order valence-electron chi connectivity index (χ0n) is 12.8. The minimum Gasteiger partial charge on any atom is -0.311 e. The lowest BCUT2D eigenvalue weighted by Crippen LogP contribution is -2.52. The van der Waals surface area contributed by atoms with Gasteiger partial charge in [0, 0.05) is 31.2 Å². The van der Waals surface area contributed by atoms with Gasteiger partial charge >= 0.3 is 0 Å². The molecule has 21 heavy (non-hydrogen) atoms. The second-order valence-corrected chi connectivity index (χ2v) is 6.65. The van der Waals surface area contributed by atoms with E-state index < -0.39 is 0 Å². The highest BCUT2D eigenvalue weighted by molar-refractivity contribution is 7.07. The molecule has 1 fully saturated rings. The van der Waals surface area contributed by atoms with Crippen molar-refractivity contribution < 1.29 is 0 Å². The van der Waals surface area contributed by atoms with Gasteiger partial charge in [-0.2, -0.15) is 11.3 Å². The minimum atomic E-state index is 0.462. The highest BCUT2D eigenvalue weighted by atomic mass is 32.1. The Morgan fingerprint density at radius 3 is 2.76 bits per heavy atom. The van der Waals surface area contributed by atoms with Crippen molar-refractivity contribution in [2.75, 3.05) is 13.1 Å². The molecule has 1 aromatic heterocycles. The first kappa shape index (κ1) is 14.8. The van der Waals surface area contributed by atoms with Crippen LogP contribution in [0.15, 0.2) is 47.2 Å². The summed E-state index contributed by atoms with van der Waals surface area (Å²) in [4.78, 5) is 2.67. The van der Waals surface area contributed by atoms with E-state index in [0.29, 0.717) is 18.1 Å². The fourth-order valence-corrected chi connectivity index (χ4v) is 3.98. The minimum absolute atomic E-state index is 0.462. The largest absolute Gasteiger partial charge is 0.311 e. The standard InChI is InChI=1S/C18H24N2S/c1-3-17-12-20(14(2)16-9-10-21-13-16)18(11-19-17)15-7-5-4-6-8-15/h4-10,13-14,17-19H,3,11-12H2,1-2H3. The lowest BCUT2D eigenvalue weighted by Gasteiger charge is -2.43. The van der Waals surface area contributed by atoms with Crippen molar-refractivity contribution in [3.63, 3.8) is 0 Å². The Bertz CT molecular complexity index is 538. The molecule has 3 unspecified atom stereocenters. The molecule has 0 saturated carbocycles. The SMILES string of the molecule is CCC1CN(C(C)c2ccsc2)C(c2ccccc2)CN1. The van der Waals surface area contributed by atoms with Gasteiger partial charge in [0.1, 0.15) is 0 Å². The van der Waals surface area contributed by atoms with Crippen molar-refractivity contribution in [3.05, 3.63) is 58.3 Å². The molecule has 2 aromatic rings. The summed E-state index contributed by atoms with van der Waals surface area (Å²) in [7, 11) is 0. The quantitative estimate of drug-likeness (QED) is 0.909.